The number of likely N-dealkylation sites (tertiary alicyclic amines) is 1. The van der Waals surface area contributed by atoms with Crippen molar-refractivity contribution in [3.8, 4) is 5.75 Å². The minimum Gasteiger partial charge on any atom is -0.487 e. The van der Waals surface area contributed by atoms with Gasteiger partial charge in [-0.25, -0.2) is 0 Å². The van der Waals surface area contributed by atoms with Crippen LogP contribution in [-0.2, 0) is 13.7 Å². The maximum absolute atomic E-state index is 12.5. The Hall–Kier alpha value is -2.80. The van der Waals surface area contributed by atoms with Crippen LogP contribution in [0.1, 0.15) is 34.1 Å². The fourth-order valence-electron chi connectivity index (χ4n) is 3.25. The Bertz CT molecular complexity index is 934. The summed E-state index contributed by atoms with van der Waals surface area (Å²) in [5.41, 5.74) is 2.49. The van der Waals surface area contributed by atoms with Crippen LogP contribution >= 0.6 is 11.6 Å². The maximum Gasteiger partial charge on any atom is 0.257 e. The van der Waals surface area contributed by atoms with Gasteiger partial charge in [-0.05, 0) is 36.8 Å². The summed E-state index contributed by atoms with van der Waals surface area (Å²) < 4.78 is 7.38. The molecule has 1 aliphatic rings. The predicted octanol–water partition coefficient (Wildman–Crippen LogP) is 3.01. The second-order valence-corrected chi connectivity index (χ2v) is 7.14. The van der Waals surface area contributed by atoms with Crippen LogP contribution < -0.4 is 4.74 Å². The second kappa shape index (κ2) is 7.44. The van der Waals surface area contributed by atoms with E-state index in [0.29, 0.717) is 23.7 Å². The van der Waals surface area contributed by atoms with E-state index >= 15 is 0 Å². The standard InChI is InChI=1S/C19H20ClN5O2/c1-24-10-14(9-21-24)19(26)25-7-6-13(11-25)18-8-16(22-23-18)12-27-17-4-2-15(20)3-5-17/h2-5,8-10,13H,6-7,11-12H2,1H3,(H,22,23)/t13-/m0/s1. The van der Waals surface area contributed by atoms with Crippen molar-refractivity contribution in [2.45, 2.75) is 18.9 Å². The Kier molecular flexibility index (Phi) is 4.85. The van der Waals surface area contributed by atoms with Gasteiger partial charge in [0.2, 0.25) is 0 Å². The van der Waals surface area contributed by atoms with Gasteiger partial charge in [-0.3, -0.25) is 14.6 Å². The zero-order valence-corrected chi connectivity index (χ0v) is 15.7. The molecule has 8 heteroatoms. The van der Waals surface area contributed by atoms with Crippen LogP contribution in [0.5, 0.6) is 5.75 Å². The normalized spacial score (nSPS) is 16.7. The van der Waals surface area contributed by atoms with Crippen molar-refractivity contribution in [3.63, 3.8) is 0 Å². The number of aromatic amines is 1. The molecule has 0 bridgehead atoms. The first-order chi connectivity index (χ1) is 13.1. The van der Waals surface area contributed by atoms with E-state index in [2.05, 4.69) is 15.3 Å². The van der Waals surface area contributed by atoms with Gasteiger partial charge in [0.25, 0.3) is 5.91 Å². The van der Waals surface area contributed by atoms with E-state index in [0.717, 1.165) is 30.1 Å². The van der Waals surface area contributed by atoms with Crippen molar-refractivity contribution < 1.29 is 9.53 Å². The molecular weight excluding hydrogens is 366 g/mol. The maximum atomic E-state index is 12.5. The number of hydrogen-bond acceptors (Lipinski definition) is 4. The summed E-state index contributed by atoms with van der Waals surface area (Å²) >= 11 is 5.87. The number of benzene rings is 1. The highest BCUT2D eigenvalue weighted by Crippen LogP contribution is 2.27. The molecule has 1 atom stereocenters. The van der Waals surface area contributed by atoms with Crippen molar-refractivity contribution in [2.24, 2.45) is 7.05 Å². The molecule has 1 fully saturated rings. The molecule has 1 aliphatic heterocycles. The van der Waals surface area contributed by atoms with Crippen LogP contribution in [0, 0.1) is 0 Å². The Morgan fingerprint density at radius 1 is 1.37 bits per heavy atom. The van der Waals surface area contributed by atoms with Gasteiger partial charge in [-0.2, -0.15) is 10.2 Å². The van der Waals surface area contributed by atoms with Gasteiger partial charge in [0.1, 0.15) is 12.4 Å². The van der Waals surface area contributed by atoms with Gasteiger partial charge < -0.3 is 9.64 Å². The van der Waals surface area contributed by atoms with Crippen molar-refractivity contribution in [2.75, 3.05) is 13.1 Å². The van der Waals surface area contributed by atoms with E-state index < -0.39 is 0 Å². The number of H-pyrrole nitrogens is 1. The smallest absolute Gasteiger partial charge is 0.257 e. The summed E-state index contributed by atoms with van der Waals surface area (Å²) in [4.78, 5) is 14.4. The number of nitrogens with zero attached hydrogens (tertiary/aromatic N) is 4. The molecular formula is C19H20ClN5O2. The Balaban J connectivity index is 1.34. The van der Waals surface area contributed by atoms with Gasteiger partial charge in [0.15, 0.2) is 0 Å². The monoisotopic (exact) mass is 385 g/mol. The first-order valence-corrected chi connectivity index (χ1v) is 9.17. The molecule has 4 rings (SSSR count). The molecule has 0 aliphatic carbocycles. The van der Waals surface area contributed by atoms with Gasteiger partial charge in [-0.1, -0.05) is 11.6 Å². The summed E-state index contributed by atoms with van der Waals surface area (Å²) in [7, 11) is 1.81. The average molecular weight is 386 g/mol. The average Bonchev–Trinajstić information content (AvgIpc) is 3.41. The quantitative estimate of drug-likeness (QED) is 0.732. The molecule has 3 aromatic rings. The van der Waals surface area contributed by atoms with E-state index in [1.165, 1.54) is 0 Å². The van der Waals surface area contributed by atoms with Gasteiger partial charge in [0.05, 0.1) is 23.1 Å². The lowest BCUT2D eigenvalue weighted by Crippen LogP contribution is -2.28. The van der Waals surface area contributed by atoms with Crippen LogP contribution in [-0.4, -0.2) is 43.9 Å². The van der Waals surface area contributed by atoms with Crippen molar-refractivity contribution in [1.82, 2.24) is 24.9 Å². The largest absolute Gasteiger partial charge is 0.487 e. The molecule has 0 spiro atoms. The number of rotatable bonds is 5. The predicted molar refractivity (Wildman–Crippen MR) is 101 cm³/mol. The summed E-state index contributed by atoms with van der Waals surface area (Å²) in [6.07, 6.45) is 4.25. The van der Waals surface area contributed by atoms with Crippen molar-refractivity contribution in [3.05, 3.63) is 64.7 Å². The van der Waals surface area contributed by atoms with Crippen LogP contribution in [0.25, 0.3) is 0 Å². The molecule has 1 amide bonds. The molecule has 3 heterocycles. The highest BCUT2D eigenvalue weighted by Gasteiger charge is 2.30. The molecule has 2 aromatic heterocycles. The fraction of sp³-hybridized carbons (Fsp3) is 0.316. The van der Waals surface area contributed by atoms with Gasteiger partial charge in [-0.15, -0.1) is 0 Å². The van der Waals surface area contributed by atoms with Crippen LogP contribution in [0.2, 0.25) is 5.02 Å². The molecule has 27 heavy (non-hydrogen) atoms. The molecule has 1 saturated heterocycles. The number of carbonyl (C=O) groups excluding carboxylic acids is 1. The summed E-state index contributed by atoms with van der Waals surface area (Å²) in [5, 5.41) is 12.2. The molecule has 7 nitrogen and oxygen atoms in total. The van der Waals surface area contributed by atoms with Gasteiger partial charge >= 0.3 is 0 Å². The molecule has 0 unspecified atom stereocenters. The summed E-state index contributed by atoms with van der Waals surface area (Å²) in [6, 6.07) is 9.26. The van der Waals surface area contributed by atoms with E-state index in [4.69, 9.17) is 16.3 Å². The first kappa shape index (κ1) is 17.6. The third-order valence-electron chi connectivity index (χ3n) is 4.70. The molecule has 0 saturated carbocycles. The number of aromatic nitrogens is 4. The fourth-order valence-corrected chi connectivity index (χ4v) is 3.38. The molecule has 140 valence electrons. The second-order valence-electron chi connectivity index (χ2n) is 6.70. The minimum atomic E-state index is 0.0208. The lowest BCUT2D eigenvalue weighted by atomic mass is 10.1. The number of aryl methyl sites for hydroxylation is 1. The number of hydrogen-bond donors (Lipinski definition) is 1. The van der Waals surface area contributed by atoms with E-state index in [9.17, 15) is 4.79 Å². The summed E-state index contributed by atoms with van der Waals surface area (Å²) in [5.74, 6) is 1.00. The van der Waals surface area contributed by atoms with E-state index in [1.54, 1.807) is 36.3 Å². The number of amides is 1. The first-order valence-electron chi connectivity index (χ1n) is 8.79. The molecule has 1 aromatic carbocycles. The lowest BCUT2D eigenvalue weighted by Gasteiger charge is -2.14. The summed E-state index contributed by atoms with van der Waals surface area (Å²) in [6.45, 7) is 1.79. The molecule has 1 N–H and O–H groups in total. The SMILES string of the molecule is Cn1cc(C(=O)N2CC[C@H](c3cc(COc4ccc(Cl)cc4)[nH]n3)C2)cn1. The third-order valence-corrected chi connectivity index (χ3v) is 4.96. The highest BCUT2D eigenvalue weighted by molar-refractivity contribution is 6.30. The Labute approximate surface area is 161 Å². The van der Waals surface area contributed by atoms with Crippen molar-refractivity contribution >= 4 is 17.5 Å². The third kappa shape index (κ3) is 3.98. The number of carbonyl (C=O) groups is 1. The van der Waals surface area contributed by atoms with E-state index in [1.807, 2.05) is 23.1 Å². The zero-order chi connectivity index (χ0) is 18.8. The highest BCUT2D eigenvalue weighted by atomic mass is 35.5. The number of ether oxygens (including phenoxy) is 1. The Morgan fingerprint density at radius 2 is 2.19 bits per heavy atom. The van der Waals surface area contributed by atoms with Crippen LogP contribution in [0.4, 0.5) is 0 Å². The van der Waals surface area contributed by atoms with E-state index in [-0.39, 0.29) is 11.8 Å². The zero-order valence-electron chi connectivity index (χ0n) is 14.9. The lowest BCUT2D eigenvalue weighted by molar-refractivity contribution is 0.0790. The van der Waals surface area contributed by atoms with Crippen LogP contribution in [0.15, 0.2) is 42.7 Å². The Morgan fingerprint density at radius 3 is 2.93 bits per heavy atom. The number of nitrogens with one attached hydrogen (secondary N) is 1. The van der Waals surface area contributed by atoms with Crippen LogP contribution in [0.3, 0.4) is 0 Å². The topological polar surface area (TPSA) is 76.0 Å². The minimum absolute atomic E-state index is 0.0208. The molecule has 0 radical (unpaired) electrons. The van der Waals surface area contributed by atoms with Gasteiger partial charge in [0, 0.05) is 37.3 Å². The number of halogens is 1. The van der Waals surface area contributed by atoms with Crippen molar-refractivity contribution in [1.29, 1.82) is 0 Å².